The zero-order chi connectivity index (χ0) is 31.5. The zero-order valence-electron chi connectivity index (χ0n) is 26.6. The van der Waals surface area contributed by atoms with Crippen LogP contribution < -0.4 is 0 Å². The van der Waals surface area contributed by atoms with Crippen molar-refractivity contribution in [1.82, 2.24) is 0 Å². The first-order valence-electron chi connectivity index (χ1n) is 16.2. The molecule has 0 saturated heterocycles. The van der Waals surface area contributed by atoms with Gasteiger partial charge in [-0.1, -0.05) is 126 Å². The highest BCUT2D eigenvalue weighted by molar-refractivity contribution is 14.1. The van der Waals surface area contributed by atoms with Gasteiger partial charge in [0.2, 0.25) is 0 Å². The maximum absolute atomic E-state index is 6.72. The average molecular weight is 735 g/mol. The predicted molar refractivity (Wildman–Crippen MR) is 187 cm³/mol. The Kier molecular flexibility index (Phi) is 21.1. The van der Waals surface area contributed by atoms with Crippen LogP contribution in [0, 0.1) is 0 Å². The third kappa shape index (κ3) is 15.0. The molecule has 0 N–H and O–H groups in total. The van der Waals surface area contributed by atoms with Gasteiger partial charge in [-0.25, -0.2) is 0 Å². The Labute approximate surface area is 284 Å². The van der Waals surface area contributed by atoms with Crippen molar-refractivity contribution in [3.05, 3.63) is 108 Å². The Balaban J connectivity index is 1.19. The molecule has 0 aliphatic carbocycles. The van der Waals surface area contributed by atoms with Crippen LogP contribution in [0.15, 0.2) is 91.0 Å². The molecule has 0 bridgehead atoms. The third-order valence-electron chi connectivity index (χ3n) is 7.12. The van der Waals surface area contributed by atoms with Crippen molar-refractivity contribution < 1.29 is 33.2 Å². The van der Waals surface area contributed by atoms with E-state index in [9.17, 15) is 0 Å². The van der Waals surface area contributed by atoms with Crippen LogP contribution in [0.4, 0.5) is 0 Å². The molecule has 0 spiro atoms. The summed E-state index contributed by atoms with van der Waals surface area (Å²) in [5, 5.41) is 0. The summed E-state index contributed by atoms with van der Waals surface area (Å²) < 4.78 is 41.7. The van der Waals surface area contributed by atoms with Crippen LogP contribution in [0.3, 0.4) is 0 Å². The maximum Gasteiger partial charge on any atom is 0.143 e. The van der Waals surface area contributed by atoms with Gasteiger partial charge >= 0.3 is 0 Å². The van der Waals surface area contributed by atoms with Crippen LogP contribution >= 0.6 is 22.6 Å². The molecule has 3 aromatic rings. The highest BCUT2D eigenvalue weighted by Crippen LogP contribution is 2.40. The lowest BCUT2D eigenvalue weighted by Gasteiger charge is -2.36. The first kappa shape index (κ1) is 37.6. The second kappa shape index (κ2) is 25.2. The number of unbranched alkanes of at least 4 members (excludes halogenated alkanes) is 3. The van der Waals surface area contributed by atoms with E-state index in [-0.39, 0.29) is 0 Å². The summed E-state index contributed by atoms with van der Waals surface area (Å²) >= 11 is 2.42. The van der Waals surface area contributed by atoms with E-state index in [4.69, 9.17) is 33.2 Å². The second-order valence-corrected chi connectivity index (χ2v) is 11.5. The van der Waals surface area contributed by atoms with Crippen LogP contribution in [0.2, 0.25) is 0 Å². The van der Waals surface area contributed by atoms with Gasteiger partial charge in [0.15, 0.2) is 0 Å². The van der Waals surface area contributed by atoms with Crippen molar-refractivity contribution in [2.24, 2.45) is 0 Å². The molecule has 0 amide bonds. The average Bonchev–Trinajstić information content (AvgIpc) is 3.09. The summed E-state index contributed by atoms with van der Waals surface area (Å²) in [6, 6.07) is 31.1. The minimum Gasteiger partial charge on any atom is -0.379 e. The highest BCUT2D eigenvalue weighted by atomic mass is 127. The molecule has 0 aromatic heterocycles. The van der Waals surface area contributed by atoms with Gasteiger partial charge in [0.25, 0.3) is 0 Å². The van der Waals surface area contributed by atoms with E-state index in [0.29, 0.717) is 79.3 Å². The van der Waals surface area contributed by atoms with E-state index < -0.39 is 5.60 Å². The molecule has 0 saturated carbocycles. The number of hydrogen-bond acceptors (Lipinski definition) is 7. The molecule has 0 aliphatic heterocycles. The van der Waals surface area contributed by atoms with Crippen molar-refractivity contribution in [2.45, 2.75) is 31.3 Å². The molecular formula is C37H51IO7. The standard InChI is InChI=1S/C37H51IO7/c38-20-12-1-2-13-21-39-22-23-40-24-25-41-26-27-42-28-29-43-30-31-44-32-33-45-37(34-14-6-3-7-15-34,35-16-8-4-9-17-35)36-18-10-5-11-19-36/h3-11,14-19H,1-2,12-13,20-33H2. The van der Waals surface area contributed by atoms with Gasteiger partial charge in [0.05, 0.1) is 79.3 Å². The topological polar surface area (TPSA) is 64.6 Å². The predicted octanol–water partition coefficient (Wildman–Crippen LogP) is 7.09. The van der Waals surface area contributed by atoms with Crippen LogP contribution in [-0.2, 0) is 38.8 Å². The summed E-state index contributed by atoms with van der Waals surface area (Å²) in [6.45, 7) is 7.19. The molecule has 0 radical (unpaired) electrons. The fourth-order valence-electron chi connectivity index (χ4n) is 4.88. The van der Waals surface area contributed by atoms with Gasteiger partial charge in [-0.2, -0.15) is 0 Å². The number of alkyl halides is 1. The molecule has 7 nitrogen and oxygen atoms in total. The van der Waals surface area contributed by atoms with E-state index in [1.54, 1.807) is 0 Å². The summed E-state index contributed by atoms with van der Waals surface area (Å²) in [4.78, 5) is 0. The molecule has 248 valence electrons. The van der Waals surface area contributed by atoms with E-state index in [2.05, 4.69) is 95.4 Å². The second-order valence-electron chi connectivity index (χ2n) is 10.4. The number of benzene rings is 3. The zero-order valence-corrected chi connectivity index (χ0v) is 28.8. The molecule has 3 aromatic carbocycles. The van der Waals surface area contributed by atoms with E-state index >= 15 is 0 Å². The van der Waals surface area contributed by atoms with E-state index in [1.165, 1.54) is 23.7 Å². The molecule has 0 unspecified atom stereocenters. The number of hydrogen-bond donors (Lipinski definition) is 0. The Hall–Kier alpha value is -1.89. The first-order chi connectivity index (χ1) is 22.4. The lowest BCUT2D eigenvalue weighted by molar-refractivity contribution is -0.0395. The largest absolute Gasteiger partial charge is 0.379 e. The Morgan fingerprint density at radius 1 is 0.356 bits per heavy atom. The number of rotatable bonds is 28. The summed E-state index contributed by atoms with van der Waals surface area (Å²) in [5.41, 5.74) is 2.50. The lowest BCUT2D eigenvalue weighted by Crippen LogP contribution is -2.34. The minimum atomic E-state index is -0.737. The summed E-state index contributed by atoms with van der Waals surface area (Å²) in [5.74, 6) is 0. The molecule has 0 heterocycles. The molecule has 3 rings (SSSR count). The van der Waals surface area contributed by atoms with Gasteiger partial charge < -0.3 is 33.2 Å². The third-order valence-corrected chi connectivity index (χ3v) is 7.88. The maximum atomic E-state index is 6.72. The summed E-state index contributed by atoms with van der Waals surface area (Å²) in [7, 11) is 0. The monoisotopic (exact) mass is 734 g/mol. The van der Waals surface area contributed by atoms with Crippen molar-refractivity contribution in [2.75, 3.05) is 90.3 Å². The molecule has 45 heavy (non-hydrogen) atoms. The molecule has 0 fully saturated rings. The SMILES string of the molecule is ICCCCCCOCCOCCOCCOCCOCCOCCOC(c1ccccc1)(c1ccccc1)c1ccccc1. The summed E-state index contributed by atoms with van der Waals surface area (Å²) in [6.07, 6.45) is 4.98. The molecule has 8 heteroatoms. The van der Waals surface area contributed by atoms with Gasteiger partial charge in [0, 0.05) is 6.61 Å². The van der Waals surface area contributed by atoms with Crippen molar-refractivity contribution in [3.8, 4) is 0 Å². The van der Waals surface area contributed by atoms with Crippen LogP contribution in [0.5, 0.6) is 0 Å². The van der Waals surface area contributed by atoms with Gasteiger partial charge in [-0.15, -0.1) is 0 Å². The fourth-order valence-corrected chi connectivity index (χ4v) is 5.42. The van der Waals surface area contributed by atoms with Crippen LogP contribution in [0.1, 0.15) is 42.4 Å². The molecule has 0 aliphatic rings. The Morgan fingerprint density at radius 3 is 1.02 bits per heavy atom. The normalized spacial score (nSPS) is 11.7. The highest BCUT2D eigenvalue weighted by Gasteiger charge is 2.37. The first-order valence-corrected chi connectivity index (χ1v) is 17.7. The van der Waals surface area contributed by atoms with Crippen molar-refractivity contribution in [1.29, 1.82) is 0 Å². The molecular weight excluding hydrogens is 683 g/mol. The van der Waals surface area contributed by atoms with Crippen LogP contribution in [0.25, 0.3) is 0 Å². The fraction of sp³-hybridized carbons (Fsp3) is 0.514. The lowest BCUT2D eigenvalue weighted by atomic mass is 9.80. The van der Waals surface area contributed by atoms with Crippen molar-refractivity contribution >= 4 is 22.6 Å². The van der Waals surface area contributed by atoms with Gasteiger partial charge in [-0.05, 0) is 34.0 Å². The van der Waals surface area contributed by atoms with E-state index in [0.717, 1.165) is 29.7 Å². The number of ether oxygens (including phenoxy) is 7. The minimum absolute atomic E-state index is 0.430. The molecule has 0 atom stereocenters. The van der Waals surface area contributed by atoms with Crippen molar-refractivity contribution in [3.63, 3.8) is 0 Å². The van der Waals surface area contributed by atoms with Gasteiger partial charge in [0.1, 0.15) is 5.60 Å². The smallest absolute Gasteiger partial charge is 0.143 e. The Bertz CT molecular complexity index is 975. The van der Waals surface area contributed by atoms with Crippen LogP contribution in [-0.4, -0.2) is 90.3 Å². The number of halogens is 1. The quantitative estimate of drug-likeness (QED) is 0.0342. The van der Waals surface area contributed by atoms with E-state index in [1.807, 2.05) is 18.2 Å². The Morgan fingerprint density at radius 2 is 0.667 bits per heavy atom. The van der Waals surface area contributed by atoms with Gasteiger partial charge in [-0.3, -0.25) is 0 Å².